The summed E-state index contributed by atoms with van der Waals surface area (Å²) in [6.45, 7) is 4.17. The molecule has 3 rings (SSSR count). The molecule has 3 aromatic rings. The van der Waals surface area contributed by atoms with Gasteiger partial charge in [0, 0.05) is 16.0 Å². The van der Waals surface area contributed by atoms with Crippen molar-refractivity contribution < 1.29 is 5.11 Å². The molecule has 0 amide bonds. The van der Waals surface area contributed by atoms with Gasteiger partial charge < -0.3 is 5.11 Å². The summed E-state index contributed by atoms with van der Waals surface area (Å²) in [5, 5.41) is 17.2. The molecule has 1 heterocycles. The molecule has 0 aliphatic heterocycles. The monoisotopic (exact) mass is 403 g/mol. The molecular formula is C19H15Cl2N3OS. The van der Waals surface area contributed by atoms with E-state index in [0.717, 1.165) is 16.8 Å². The van der Waals surface area contributed by atoms with Gasteiger partial charge in [-0.2, -0.15) is 5.10 Å². The predicted molar refractivity (Wildman–Crippen MR) is 109 cm³/mol. The van der Waals surface area contributed by atoms with Crippen LogP contribution in [0.5, 0.6) is 5.75 Å². The first-order valence-corrected chi connectivity index (χ1v) is 9.33. The molecule has 1 aromatic heterocycles. The van der Waals surface area contributed by atoms with E-state index in [1.165, 1.54) is 11.3 Å². The van der Waals surface area contributed by atoms with Gasteiger partial charge in [0.1, 0.15) is 5.75 Å². The fraction of sp³-hybridized carbons (Fsp3) is 0.0526. The Balaban J connectivity index is 2.13. The first kappa shape index (κ1) is 18.5. The highest BCUT2D eigenvalue weighted by Gasteiger charge is 2.11. The summed E-state index contributed by atoms with van der Waals surface area (Å²) >= 11 is 13.9. The molecule has 0 unspecified atom stereocenters. The SMILES string of the molecule is C=CCN=c1scc(-c2cc(Cl)ccc2Cl)n1N=Cc1cccc(O)c1. The van der Waals surface area contributed by atoms with E-state index in [0.29, 0.717) is 21.4 Å². The van der Waals surface area contributed by atoms with Crippen LogP contribution in [0.2, 0.25) is 10.0 Å². The van der Waals surface area contributed by atoms with Crippen LogP contribution in [0.4, 0.5) is 0 Å². The van der Waals surface area contributed by atoms with Crippen LogP contribution in [0.15, 0.2) is 70.6 Å². The molecule has 0 radical (unpaired) electrons. The Bertz CT molecular complexity index is 1040. The van der Waals surface area contributed by atoms with E-state index in [9.17, 15) is 5.11 Å². The fourth-order valence-electron chi connectivity index (χ4n) is 2.27. The second-order valence-corrected chi connectivity index (χ2v) is 6.99. The summed E-state index contributed by atoms with van der Waals surface area (Å²) in [7, 11) is 0. The third-order valence-corrected chi connectivity index (χ3v) is 4.86. The van der Waals surface area contributed by atoms with Crippen LogP contribution in [-0.2, 0) is 0 Å². The Morgan fingerprint density at radius 2 is 2.04 bits per heavy atom. The van der Waals surface area contributed by atoms with Gasteiger partial charge in [0.2, 0.25) is 4.80 Å². The molecule has 2 aromatic carbocycles. The molecule has 4 nitrogen and oxygen atoms in total. The van der Waals surface area contributed by atoms with Gasteiger partial charge in [-0.1, -0.05) is 41.4 Å². The lowest BCUT2D eigenvalue weighted by Crippen LogP contribution is -2.12. The normalized spacial score (nSPS) is 12.0. The number of hydrogen-bond donors (Lipinski definition) is 1. The number of phenolic OH excluding ortho intramolecular Hbond substituents is 1. The zero-order valence-electron chi connectivity index (χ0n) is 13.6. The molecule has 0 atom stereocenters. The topological polar surface area (TPSA) is 49.9 Å². The summed E-state index contributed by atoms with van der Waals surface area (Å²) in [4.78, 5) is 5.18. The molecule has 0 spiro atoms. The lowest BCUT2D eigenvalue weighted by atomic mass is 10.2. The van der Waals surface area contributed by atoms with Gasteiger partial charge in [-0.05, 0) is 35.9 Å². The van der Waals surface area contributed by atoms with Crippen molar-refractivity contribution in [2.24, 2.45) is 10.1 Å². The van der Waals surface area contributed by atoms with Crippen LogP contribution in [0.25, 0.3) is 11.3 Å². The number of hydrogen-bond acceptors (Lipinski definition) is 4. The van der Waals surface area contributed by atoms with E-state index in [1.807, 2.05) is 11.4 Å². The molecular weight excluding hydrogens is 389 g/mol. The van der Waals surface area contributed by atoms with Gasteiger partial charge in [-0.25, -0.2) is 4.68 Å². The number of benzene rings is 2. The van der Waals surface area contributed by atoms with Crippen LogP contribution >= 0.6 is 34.5 Å². The Morgan fingerprint density at radius 3 is 2.81 bits per heavy atom. The number of thiazole rings is 1. The zero-order chi connectivity index (χ0) is 18.5. The second kappa shape index (κ2) is 8.36. The van der Waals surface area contributed by atoms with Crippen LogP contribution < -0.4 is 4.80 Å². The van der Waals surface area contributed by atoms with Crippen molar-refractivity contribution in [3.63, 3.8) is 0 Å². The van der Waals surface area contributed by atoms with Gasteiger partial charge >= 0.3 is 0 Å². The van der Waals surface area contributed by atoms with Crippen molar-refractivity contribution >= 4 is 40.8 Å². The van der Waals surface area contributed by atoms with Gasteiger partial charge in [0.25, 0.3) is 0 Å². The number of nitrogens with zero attached hydrogens (tertiary/aromatic N) is 3. The minimum atomic E-state index is 0.180. The number of aromatic hydroxyl groups is 1. The molecule has 0 fully saturated rings. The van der Waals surface area contributed by atoms with E-state index >= 15 is 0 Å². The maximum atomic E-state index is 9.61. The molecule has 0 bridgehead atoms. The molecule has 26 heavy (non-hydrogen) atoms. The van der Waals surface area contributed by atoms with Gasteiger partial charge in [0.15, 0.2) is 0 Å². The predicted octanol–water partition coefficient (Wildman–Crippen LogP) is 5.20. The Morgan fingerprint density at radius 1 is 1.19 bits per heavy atom. The van der Waals surface area contributed by atoms with Crippen LogP contribution in [0, 0.1) is 0 Å². The quantitative estimate of drug-likeness (QED) is 0.461. The van der Waals surface area contributed by atoms with E-state index in [1.54, 1.807) is 53.4 Å². The van der Waals surface area contributed by atoms with E-state index in [4.69, 9.17) is 23.2 Å². The lowest BCUT2D eigenvalue weighted by Gasteiger charge is -2.06. The van der Waals surface area contributed by atoms with Gasteiger partial charge in [-0.3, -0.25) is 4.99 Å². The number of halogens is 2. The summed E-state index contributed by atoms with van der Waals surface area (Å²) < 4.78 is 1.70. The largest absolute Gasteiger partial charge is 0.508 e. The smallest absolute Gasteiger partial charge is 0.206 e. The van der Waals surface area contributed by atoms with E-state index in [-0.39, 0.29) is 5.75 Å². The molecule has 7 heteroatoms. The summed E-state index contributed by atoms with van der Waals surface area (Å²) in [5.41, 5.74) is 2.31. The Kier molecular flexibility index (Phi) is 5.93. The zero-order valence-corrected chi connectivity index (χ0v) is 16.0. The van der Waals surface area contributed by atoms with Gasteiger partial charge in [-0.15, -0.1) is 17.9 Å². The number of rotatable bonds is 5. The molecule has 0 aliphatic rings. The van der Waals surface area contributed by atoms with Crippen LogP contribution in [0.3, 0.4) is 0 Å². The minimum absolute atomic E-state index is 0.180. The average molecular weight is 404 g/mol. The highest BCUT2D eigenvalue weighted by molar-refractivity contribution is 7.07. The lowest BCUT2D eigenvalue weighted by molar-refractivity contribution is 0.475. The van der Waals surface area contributed by atoms with E-state index in [2.05, 4.69) is 16.7 Å². The summed E-state index contributed by atoms with van der Waals surface area (Å²) in [6.07, 6.45) is 3.37. The number of phenols is 1. The summed E-state index contributed by atoms with van der Waals surface area (Å²) in [5.74, 6) is 0.180. The standard InChI is InChI=1S/C19H15Cl2N3OS/c1-2-8-22-19-24(23-11-13-4-3-5-15(25)9-13)18(12-26-19)16-10-14(20)6-7-17(16)21/h2-7,9-12,25H,1,8H2. The van der Waals surface area contributed by atoms with Crippen molar-refractivity contribution in [1.82, 2.24) is 4.68 Å². The summed E-state index contributed by atoms with van der Waals surface area (Å²) in [6, 6.07) is 12.1. The Labute approximate surface area is 165 Å². The average Bonchev–Trinajstić information content (AvgIpc) is 3.03. The first-order valence-electron chi connectivity index (χ1n) is 7.69. The van der Waals surface area contributed by atoms with Gasteiger partial charge in [0.05, 0.1) is 23.5 Å². The Hall–Kier alpha value is -2.34. The fourth-order valence-corrected chi connectivity index (χ4v) is 3.50. The maximum absolute atomic E-state index is 9.61. The highest BCUT2D eigenvalue weighted by atomic mass is 35.5. The molecule has 0 aliphatic carbocycles. The van der Waals surface area contributed by atoms with Crippen molar-refractivity contribution in [2.75, 3.05) is 6.54 Å². The van der Waals surface area contributed by atoms with Crippen LogP contribution in [0.1, 0.15) is 5.56 Å². The first-order chi connectivity index (χ1) is 12.6. The maximum Gasteiger partial charge on any atom is 0.206 e. The van der Waals surface area contributed by atoms with E-state index < -0.39 is 0 Å². The second-order valence-electron chi connectivity index (χ2n) is 5.31. The van der Waals surface area contributed by atoms with Crippen LogP contribution in [-0.4, -0.2) is 22.5 Å². The van der Waals surface area contributed by atoms with Crippen molar-refractivity contribution in [3.05, 3.63) is 80.9 Å². The van der Waals surface area contributed by atoms with Crippen molar-refractivity contribution in [2.45, 2.75) is 0 Å². The van der Waals surface area contributed by atoms with Crippen molar-refractivity contribution in [3.8, 4) is 17.0 Å². The molecule has 1 N–H and O–H groups in total. The third kappa shape index (κ3) is 4.25. The minimum Gasteiger partial charge on any atom is -0.508 e. The molecule has 0 saturated carbocycles. The molecule has 0 saturated heterocycles. The van der Waals surface area contributed by atoms with Crippen molar-refractivity contribution in [1.29, 1.82) is 0 Å². The third-order valence-electron chi connectivity index (χ3n) is 3.44. The highest BCUT2D eigenvalue weighted by Crippen LogP contribution is 2.31. The molecule has 132 valence electrons. The number of aromatic nitrogens is 1.